The number of hydrogen-bond donors (Lipinski definition) is 0. The van der Waals surface area contributed by atoms with E-state index in [0.29, 0.717) is 70.2 Å². The summed E-state index contributed by atoms with van der Waals surface area (Å²) in [5.41, 5.74) is 1.75. The van der Waals surface area contributed by atoms with Gasteiger partial charge in [-0.05, 0) is 98.8 Å². The Morgan fingerprint density at radius 3 is 1.12 bits per heavy atom. The van der Waals surface area contributed by atoms with Gasteiger partial charge >= 0.3 is 0 Å². The molecule has 0 aliphatic carbocycles. The standard InChI is InChI=1S/C42H42N4O10/c1-7-55-25-13-9-23(10-14-25)43-39(47)33-35(29-21-27(51-3)17-19-31(29)53-5)46-38-34(40(48)44(42(38)50)24-11-15-26(16-12-24)56-8-2)36(45(46)37(33)41(43)49)30-22-28(52-4)18-20-32(30)54-6/h9-22,33-38H,7-8H2,1-6H3/t33-,34-,35+,36+,37-,38+/m0/s1. The van der Waals surface area contributed by atoms with Crippen molar-refractivity contribution in [2.75, 3.05) is 51.5 Å². The number of benzene rings is 4. The fraction of sp³-hybridized carbons (Fsp3) is 0.333. The third-order valence-electron chi connectivity index (χ3n) is 11.0. The Kier molecular flexibility index (Phi) is 9.54. The number of nitrogens with zero attached hydrogens (tertiary/aromatic N) is 4. The summed E-state index contributed by atoms with van der Waals surface area (Å²) in [5, 5.41) is 3.53. The Balaban J connectivity index is 1.35. The summed E-state index contributed by atoms with van der Waals surface area (Å²) in [7, 11) is 6.08. The fourth-order valence-corrected chi connectivity index (χ4v) is 8.82. The molecule has 0 radical (unpaired) electrons. The number of imide groups is 2. The zero-order valence-corrected chi connectivity index (χ0v) is 31.8. The molecule has 0 aromatic heterocycles. The number of methoxy groups -OCH3 is 4. The van der Waals surface area contributed by atoms with Crippen molar-refractivity contribution in [3.05, 3.63) is 96.1 Å². The van der Waals surface area contributed by atoms with E-state index >= 15 is 9.59 Å². The smallest absolute Gasteiger partial charge is 0.253 e. The molecule has 0 saturated carbocycles. The SMILES string of the molecule is CCOc1ccc(N2C(=O)[C@@H]3[C@@H](C2=O)N2[C@H](c4cc(OC)ccc4OC)[C@@H]4C(=O)N(c5ccc(OCC)cc5)C(=O)[C@@H]4N2[C@@H]3c2cc(OC)ccc2OC)cc1. The number of fused-ring (bicyclic) bond motifs is 5. The summed E-state index contributed by atoms with van der Waals surface area (Å²) < 4.78 is 34.3. The van der Waals surface area contributed by atoms with E-state index in [-0.39, 0.29) is 0 Å². The number of carbonyl (C=O) groups excluding carboxylic acids is 4. The molecule has 0 unspecified atom stereocenters. The van der Waals surface area contributed by atoms with Gasteiger partial charge in [0, 0.05) is 11.1 Å². The van der Waals surface area contributed by atoms with Gasteiger partial charge in [-0.3, -0.25) is 19.2 Å². The Morgan fingerprint density at radius 1 is 0.446 bits per heavy atom. The summed E-state index contributed by atoms with van der Waals surface area (Å²) in [4.78, 5) is 62.4. The predicted octanol–water partition coefficient (Wildman–Crippen LogP) is 4.96. The van der Waals surface area contributed by atoms with Crippen LogP contribution in [0, 0.1) is 11.8 Å². The van der Waals surface area contributed by atoms with Crippen LogP contribution in [0.2, 0.25) is 0 Å². The van der Waals surface area contributed by atoms with E-state index < -0.39 is 59.6 Å². The Hall–Kier alpha value is -6.12. The van der Waals surface area contributed by atoms with Crippen molar-refractivity contribution >= 4 is 35.0 Å². The van der Waals surface area contributed by atoms with Gasteiger partial charge in [0.15, 0.2) is 0 Å². The van der Waals surface area contributed by atoms with Crippen LogP contribution in [0.15, 0.2) is 84.9 Å². The highest BCUT2D eigenvalue weighted by molar-refractivity contribution is 6.26. The summed E-state index contributed by atoms with van der Waals surface area (Å²) >= 11 is 0. The minimum atomic E-state index is -1.14. The van der Waals surface area contributed by atoms with Crippen molar-refractivity contribution in [2.45, 2.75) is 38.0 Å². The zero-order chi connectivity index (χ0) is 39.4. The van der Waals surface area contributed by atoms with Crippen LogP contribution in [0.25, 0.3) is 0 Å². The molecule has 4 amide bonds. The molecular weight excluding hydrogens is 720 g/mol. The first-order chi connectivity index (χ1) is 27.2. The van der Waals surface area contributed by atoms with Crippen LogP contribution < -0.4 is 38.2 Å². The van der Waals surface area contributed by atoms with Gasteiger partial charge in [-0.2, -0.15) is 0 Å². The summed E-state index contributed by atoms with van der Waals surface area (Å²) in [6.07, 6.45) is 0. The lowest BCUT2D eigenvalue weighted by atomic mass is 9.83. The molecule has 290 valence electrons. The molecule has 4 aliphatic heterocycles. The monoisotopic (exact) mass is 762 g/mol. The first-order valence-electron chi connectivity index (χ1n) is 18.4. The van der Waals surface area contributed by atoms with E-state index in [0.717, 1.165) is 0 Å². The molecule has 56 heavy (non-hydrogen) atoms. The number of amides is 4. The molecule has 4 fully saturated rings. The first kappa shape index (κ1) is 36.8. The quantitative estimate of drug-likeness (QED) is 0.181. The van der Waals surface area contributed by atoms with E-state index in [1.807, 2.05) is 13.8 Å². The van der Waals surface area contributed by atoms with Gasteiger partial charge < -0.3 is 28.4 Å². The second-order valence-electron chi connectivity index (χ2n) is 13.7. The molecule has 4 aromatic rings. The zero-order valence-electron chi connectivity index (χ0n) is 31.8. The molecule has 0 spiro atoms. The van der Waals surface area contributed by atoms with Gasteiger partial charge in [0.25, 0.3) is 11.8 Å². The molecule has 6 atom stereocenters. The maximum absolute atomic E-state index is 15.0. The Labute approximate surface area is 323 Å². The number of carbonyl (C=O) groups is 4. The molecule has 0 bridgehead atoms. The van der Waals surface area contributed by atoms with Gasteiger partial charge in [0.2, 0.25) is 11.8 Å². The summed E-state index contributed by atoms with van der Waals surface area (Å²) in [5.74, 6) is -1.09. The fourth-order valence-electron chi connectivity index (χ4n) is 8.82. The molecule has 4 saturated heterocycles. The highest BCUT2D eigenvalue weighted by Gasteiger charge is 2.74. The van der Waals surface area contributed by atoms with Crippen LogP contribution in [-0.2, 0) is 19.2 Å². The van der Waals surface area contributed by atoms with Crippen molar-refractivity contribution < 1.29 is 47.6 Å². The topological polar surface area (TPSA) is 137 Å². The third kappa shape index (κ3) is 5.54. The van der Waals surface area contributed by atoms with Gasteiger partial charge in [-0.25, -0.2) is 19.8 Å². The lowest BCUT2D eigenvalue weighted by Gasteiger charge is -2.36. The average molecular weight is 763 g/mol. The number of hydrazine groups is 1. The third-order valence-corrected chi connectivity index (χ3v) is 11.0. The molecule has 4 heterocycles. The van der Waals surface area contributed by atoms with Gasteiger partial charge in [0.1, 0.15) is 46.6 Å². The Morgan fingerprint density at radius 2 is 0.804 bits per heavy atom. The molecule has 0 N–H and O–H groups in total. The molecule has 4 aromatic carbocycles. The molecule has 8 rings (SSSR count). The van der Waals surface area contributed by atoms with Crippen LogP contribution in [0.5, 0.6) is 34.5 Å². The maximum Gasteiger partial charge on any atom is 0.253 e. The van der Waals surface area contributed by atoms with Crippen LogP contribution in [0.1, 0.15) is 37.1 Å². The maximum atomic E-state index is 15.0. The minimum Gasteiger partial charge on any atom is -0.497 e. The number of ether oxygens (including phenoxy) is 6. The molecule has 14 heteroatoms. The second-order valence-corrected chi connectivity index (χ2v) is 13.7. The summed E-state index contributed by atoms with van der Waals surface area (Å²) in [6, 6.07) is 19.7. The lowest BCUT2D eigenvalue weighted by molar-refractivity contribution is -0.136. The van der Waals surface area contributed by atoms with Gasteiger partial charge in [-0.1, -0.05) is 0 Å². The molecule has 14 nitrogen and oxygen atoms in total. The first-order valence-corrected chi connectivity index (χ1v) is 18.4. The van der Waals surface area contributed by atoms with E-state index in [9.17, 15) is 9.59 Å². The number of rotatable bonds is 12. The summed E-state index contributed by atoms with van der Waals surface area (Å²) in [6.45, 7) is 4.64. The number of hydrogen-bond acceptors (Lipinski definition) is 12. The molecular formula is C42H42N4O10. The Bertz CT molecular complexity index is 2040. The predicted molar refractivity (Wildman–Crippen MR) is 203 cm³/mol. The van der Waals surface area contributed by atoms with E-state index in [2.05, 4.69) is 0 Å². The van der Waals surface area contributed by atoms with Crippen molar-refractivity contribution in [1.29, 1.82) is 0 Å². The van der Waals surface area contributed by atoms with Crippen LogP contribution >= 0.6 is 0 Å². The molecule has 4 aliphatic rings. The van der Waals surface area contributed by atoms with Gasteiger partial charge in [-0.15, -0.1) is 0 Å². The minimum absolute atomic E-state index is 0.365. The van der Waals surface area contributed by atoms with Crippen LogP contribution in [0.3, 0.4) is 0 Å². The van der Waals surface area contributed by atoms with Crippen molar-refractivity contribution in [3.8, 4) is 34.5 Å². The van der Waals surface area contributed by atoms with E-state index in [4.69, 9.17) is 28.4 Å². The average Bonchev–Trinajstić information content (AvgIpc) is 3.89. The highest BCUT2D eigenvalue weighted by Crippen LogP contribution is 2.61. The van der Waals surface area contributed by atoms with E-state index in [1.54, 1.807) is 94.9 Å². The highest BCUT2D eigenvalue weighted by atomic mass is 16.5. The van der Waals surface area contributed by atoms with Crippen LogP contribution in [-0.4, -0.2) is 87.4 Å². The van der Waals surface area contributed by atoms with Gasteiger partial charge in [0.05, 0.1) is 76.9 Å². The lowest BCUT2D eigenvalue weighted by Crippen LogP contribution is -2.50. The van der Waals surface area contributed by atoms with E-state index in [1.165, 1.54) is 38.2 Å². The van der Waals surface area contributed by atoms with Crippen LogP contribution in [0.4, 0.5) is 11.4 Å². The normalized spacial score (nSPS) is 24.3. The van der Waals surface area contributed by atoms with Crippen molar-refractivity contribution in [1.82, 2.24) is 10.0 Å². The number of anilines is 2. The van der Waals surface area contributed by atoms with Crippen molar-refractivity contribution in [3.63, 3.8) is 0 Å². The largest absolute Gasteiger partial charge is 0.497 e. The second kappa shape index (κ2) is 14.5. The van der Waals surface area contributed by atoms with Crippen molar-refractivity contribution in [2.24, 2.45) is 11.8 Å².